The fourth-order valence-electron chi connectivity index (χ4n) is 2.80. The van der Waals surface area contributed by atoms with Crippen LogP contribution in [-0.2, 0) is 5.41 Å². The van der Waals surface area contributed by atoms with E-state index in [-0.39, 0.29) is 0 Å². The number of rotatable bonds is 8. The van der Waals surface area contributed by atoms with Crippen LogP contribution in [0.3, 0.4) is 0 Å². The SMILES string of the molecule is CCCOc1ccc(C2(C)CC2CNCC(C)C)cc1. The van der Waals surface area contributed by atoms with Gasteiger partial charge in [-0.1, -0.05) is 39.8 Å². The minimum absolute atomic E-state index is 0.368. The predicted molar refractivity (Wildman–Crippen MR) is 85.4 cm³/mol. The number of benzene rings is 1. The molecule has 2 unspecified atom stereocenters. The molecule has 20 heavy (non-hydrogen) atoms. The van der Waals surface area contributed by atoms with Gasteiger partial charge in [0.25, 0.3) is 0 Å². The minimum Gasteiger partial charge on any atom is -0.494 e. The molecule has 0 heterocycles. The Bertz CT molecular complexity index is 412. The maximum atomic E-state index is 5.65. The third-order valence-corrected chi connectivity index (χ3v) is 4.34. The number of nitrogens with one attached hydrogen (secondary N) is 1. The average Bonchev–Trinajstić information content (AvgIpc) is 3.09. The van der Waals surface area contributed by atoms with Gasteiger partial charge in [0.15, 0.2) is 0 Å². The zero-order valence-corrected chi connectivity index (χ0v) is 13.4. The van der Waals surface area contributed by atoms with E-state index in [1.165, 1.54) is 12.0 Å². The van der Waals surface area contributed by atoms with Crippen molar-refractivity contribution < 1.29 is 4.74 Å². The van der Waals surface area contributed by atoms with E-state index >= 15 is 0 Å². The molecule has 1 aliphatic carbocycles. The zero-order valence-electron chi connectivity index (χ0n) is 13.4. The molecule has 112 valence electrons. The van der Waals surface area contributed by atoms with E-state index in [4.69, 9.17) is 4.74 Å². The summed E-state index contributed by atoms with van der Waals surface area (Å²) in [6.07, 6.45) is 2.36. The van der Waals surface area contributed by atoms with Gasteiger partial charge in [-0.3, -0.25) is 0 Å². The van der Waals surface area contributed by atoms with Crippen LogP contribution in [0.25, 0.3) is 0 Å². The summed E-state index contributed by atoms with van der Waals surface area (Å²) in [4.78, 5) is 0. The van der Waals surface area contributed by atoms with Crippen molar-refractivity contribution in [2.45, 2.75) is 46.0 Å². The van der Waals surface area contributed by atoms with Gasteiger partial charge in [-0.15, -0.1) is 0 Å². The molecular weight excluding hydrogens is 246 g/mol. The average molecular weight is 275 g/mol. The minimum atomic E-state index is 0.368. The molecule has 0 amide bonds. The lowest BCUT2D eigenvalue weighted by Gasteiger charge is -2.14. The Morgan fingerprint density at radius 2 is 2.00 bits per heavy atom. The second-order valence-corrected chi connectivity index (χ2v) is 6.74. The van der Waals surface area contributed by atoms with Gasteiger partial charge in [0.1, 0.15) is 5.75 Å². The number of hydrogen-bond acceptors (Lipinski definition) is 2. The maximum Gasteiger partial charge on any atom is 0.119 e. The molecule has 0 aromatic heterocycles. The topological polar surface area (TPSA) is 21.3 Å². The van der Waals surface area contributed by atoms with Crippen LogP contribution >= 0.6 is 0 Å². The standard InChI is InChI=1S/C18H29NO/c1-5-10-20-17-8-6-15(7-9-17)18(4)11-16(18)13-19-12-14(2)3/h6-9,14,16,19H,5,10-13H2,1-4H3. The van der Waals surface area contributed by atoms with Crippen LogP contribution in [0.2, 0.25) is 0 Å². The van der Waals surface area contributed by atoms with E-state index in [2.05, 4.69) is 57.3 Å². The van der Waals surface area contributed by atoms with Gasteiger partial charge in [0.2, 0.25) is 0 Å². The van der Waals surface area contributed by atoms with E-state index in [1.54, 1.807) is 0 Å². The zero-order chi connectivity index (χ0) is 14.6. The van der Waals surface area contributed by atoms with Gasteiger partial charge in [-0.2, -0.15) is 0 Å². The van der Waals surface area contributed by atoms with Crippen molar-refractivity contribution in [3.63, 3.8) is 0 Å². The third-order valence-electron chi connectivity index (χ3n) is 4.34. The fraction of sp³-hybridized carbons (Fsp3) is 0.667. The van der Waals surface area contributed by atoms with E-state index in [0.29, 0.717) is 5.41 Å². The Hall–Kier alpha value is -1.02. The van der Waals surface area contributed by atoms with Crippen molar-refractivity contribution in [3.8, 4) is 5.75 Å². The monoisotopic (exact) mass is 275 g/mol. The van der Waals surface area contributed by atoms with Crippen molar-refractivity contribution in [2.24, 2.45) is 11.8 Å². The first kappa shape index (κ1) is 15.4. The van der Waals surface area contributed by atoms with Gasteiger partial charge in [-0.05, 0) is 60.9 Å². The first-order valence-electron chi connectivity index (χ1n) is 8.00. The lowest BCUT2D eigenvalue weighted by atomic mass is 9.95. The highest BCUT2D eigenvalue weighted by Crippen LogP contribution is 2.53. The Balaban J connectivity index is 1.85. The van der Waals surface area contributed by atoms with Gasteiger partial charge in [-0.25, -0.2) is 0 Å². The van der Waals surface area contributed by atoms with Crippen LogP contribution in [0.15, 0.2) is 24.3 Å². The largest absolute Gasteiger partial charge is 0.494 e. The normalized spacial score (nSPS) is 24.9. The van der Waals surface area contributed by atoms with E-state index in [9.17, 15) is 0 Å². The smallest absolute Gasteiger partial charge is 0.119 e. The fourth-order valence-corrected chi connectivity index (χ4v) is 2.80. The second-order valence-electron chi connectivity index (χ2n) is 6.74. The molecule has 1 N–H and O–H groups in total. The number of hydrogen-bond donors (Lipinski definition) is 1. The van der Waals surface area contributed by atoms with Crippen molar-refractivity contribution in [1.82, 2.24) is 5.32 Å². The van der Waals surface area contributed by atoms with E-state index in [0.717, 1.165) is 43.7 Å². The summed E-state index contributed by atoms with van der Waals surface area (Å²) >= 11 is 0. The molecule has 0 saturated heterocycles. The molecule has 1 aliphatic rings. The van der Waals surface area contributed by atoms with E-state index < -0.39 is 0 Å². The maximum absolute atomic E-state index is 5.65. The molecule has 1 fully saturated rings. The predicted octanol–water partition coefficient (Wildman–Crippen LogP) is 4.00. The van der Waals surface area contributed by atoms with Crippen LogP contribution in [-0.4, -0.2) is 19.7 Å². The van der Waals surface area contributed by atoms with Crippen LogP contribution in [0, 0.1) is 11.8 Å². The highest BCUT2D eigenvalue weighted by atomic mass is 16.5. The highest BCUT2D eigenvalue weighted by molar-refractivity contribution is 5.37. The van der Waals surface area contributed by atoms with Gasteiger partial charge in [0, 0.05) is 0 Å². The van der Waals surface area contributed by atoms with Crippen molar-refractivity contribution in [2.75, 3.05) is 19.7 Å². The lowest BCUT2D eigenvalue weighted by molar-refractivity contribution is 0.317. The van der Waals surface area contributed by atoms with Crippen molar-refractivity contribution in [3.05, 3.63) is 29.8 Å². The Labute approximate surface area is 123 Å². The molecule has 1 aromatic carbocycles. The Kier molecular flexibility index (Phi) is 5.09. The molecule has 0 spiro atoms. The molecule has 1 saturated carbocycles. The molecule has 2 nitrogen and oxygen atoms in total. The van der Waals surface area contributed by atoms with Crippen LogP contribution < -0.4 is 10.1 Å². The molecule has 0 aliphatic heterocycles. The van der Waals surface area contributed by atoms with Gasteiger partial charge in [0.05, 0.1) is 6.61 Å². The molecule has 1 aromatic rings. The summed E-state index contributed by atoms with van der Waals surface area (Å²) < 4.78 is 5.65. The summed E-state index contributed by atoms with van der Waals surface area (Å²) in [5.41, 5.74) is 1.82. The van der Waals surface area contributed by atoms with Gasteiger partial charge >= 0.3 is 0 Å². The van der Waals surface area contributed by atoms with E-state index in [1.807, 2.05) is 0 Å². The summed E-state index contributed by atoms with van der Waals surface area (Å²) in [7, 11) is 0. The number of ether oxygens (including phenoxy) is 1. The van der Waals surface area contributed by atoms with Gasteiger partial charge < -0.3 is 10.1 Å². The first-order chi connectivity index (χ1) is 9.56. The molecule has 2 rings (SSSR count). The Morgan fingerprint density at radius 3 is 2.60 bits per heavy atom. The van der Waals surface area contributed by atoms with Crippen LogP contribution in [0.1, 0.15) is 46.1 Å². The highest BCUT2D eigenvalue weighted by Gasteiger charge is 2.50. The molecule has 2 atom stereocenters. The van der Waals surface area contributed by atoms with Crippen molar-refractivity contribution in [1.29, 1.82) is 0 Å². The third kappa shape index (κ3) is 3.76. The summed E-state index contributed by atoms with van der Waals surface area (Å²) in [6, 6.07) is 8.72. The second kappa shape index (κ2) is 6.62. The molecule has 2 heteroatoms. The Morgan fingerprint density at radius 1 is 1.30 bits per heavy atom. The molecule has 0 bridgehead atoms. The first-order valence-corrected chi connectivity index (χ1v) is 8.00. The lowest BCUT2D eigenvalue weighted by Crippen LogP contribution is -2.24. The quantitative estimate of drug-likeness (QED) is 0.774. The van der Waals surface area contributed by atoms with Crippen LogP contribution in [0.5, 0.6) is 5.75 Å². The molecular formula is C18H29NO. The summed E-state index contributed by atoms with van der Waals surface area (Å²) in [6.45, 7) is 12.1. The van der Waals surface area contributed by atoms with Crippen molar-refractivity contribution >= 4 is 0 Å². The van der Waals surface area contributed by atoms with Crippen LogP contribution in [0.4, 0.5) is 0 Å². The summed E-state index contributed by atoms with van der Waals surface area (Å²) in [5.74, 6) is 2.51. The molecule has 0 radical (unpaired) electrons. The summed E-state index contributed by atoms with van der Waals surface area (Å²) in [5, 5.41) is 3.59.